The summed E-state index contributed by atoms with van der Waals surface area (Å²) in [5.74, 6) is -0.0995. The maximum atomic E-state index is 11.5. The summed E-state index contributed by atoms with van der Waals surface area (Å²) in [7, 11) is 0. The predicted octanol–water partition coefficient (Wildman–Crippen LogP) is 2.42. The Balaban J connectivity index is 2.47. The van der Waals surface area contributed by atoms with Crippen LogP contribution in [0.3, 0.4) is 0 Å². The molecule has 0 spiro atoms. The molecule has 1 aromatic rings. The zero-order valence-corrected chi connectivity index (χ0v) is 11.1. The molecule has 1 aromatic carbocycles. The second-order valence-electron chi connectivity index (χ2n) is 3.89. The first-order valence-corrected chi connectivity index (χ1v) is 6.12. The molecule has 0 saturated carbocycles. The second-order valence-corrected chi connectivity index (χ2v) is 4.73. The first kappa shape index (κ1) is 14.3. The molecule has 1 amide bonds. The highest BCUT2D eigenvalue weighted by Crippen LogP contribution is 2.21. The van der Waals surface area contributed by atoms with Crippen molar-refractivity contribution < 1.29 is 9.90 Å². The van der Waals surface area contributed by atoms with Crippen LogP contribution < -0.4 is 5.32 Å². The molecule has 0 aliphatic heterocycles. The molecule has 0 aliphatic carbocycles. The van der Waals surface area contributed by atoms with Gasteiger partial charge in [0.2, 0.25) is 5.91 Å². The molecule has 0 radical (unpaired) electrons. The monoisotopic (exact) mass is 275 g/mol. The molecule has 0 bridgehead atoms. The highest BCUT2D eigenvalue weighted by molar-refractivity contribution is 6.35. The molecule has 3 nitrogen and oxygen atoms in total. The molecule has 17 heavy (non-hydrogen) atoms. The van der Waals surface area contributed by atoms with Crippen molar-refractivity contribution in [1.29, 1.82) is 0 Å². The molecular weight excluding hydrogens is 261 g/mol. The van der Waals surface area contributed by atoms with E-state index in [4.69, 9.17) is 28.3 Å². The molecule has 0 fully saturated rings. The van der Waals surface area contributed by atoms with Crippen LogP contribution in [0.25, 0.3) is 0 Å². The maximum Gasteiger partial charge on any atom is 0.220 e. The Morgan fingerprint density at radius 2 is 2.18 bits per heavy atom. The fourth-order valence-corrected chi connectivity index (χ4v) is 1.87. The van der Waals surface area contributed by atoms with E-state index >= 15 is 0 Å². The van der Waals surface area contributed by atoms with Gasteiger partial charge in [-0.15, -0.1) is 0 Å². The molecule has 0 unspecified atom stereocenters. The standard InChI is InChI=1S/C12H15Cl2NO2/c1-8(7-16)15-12(17)5-3-9-2-4-10(13)6-11(9)14/h2,4,6,8,16H,3,5,7H2,1H3,(H,15,17)/t8-/m0/s1. The molecule has 2 N–H and O–H groups in total. The number of halogens is 2. The van der Waals surface area contributed by atoms with Gasteiger partial charge in [-0.05, 0) is 31.0 Å². The molecule has 1 rings (SSSR count). The lowest BCUT2D eigenvalue weighted by atomic mass is 10.1. The molecule has 0 aliphatic rings. The largest absolute Gasteiger partial charge is 0.394 e. The molecule has 0 saturated heterocycles. The van der Waals surface area contributed by atoms with Crippen molar-refractivity contribution in [3.05, 3.63) is 33.8 Å². The van der Waals surface area contributed by atoms with Gasteiger partial charge in [-0.25, -0.2) is 0 Å². The lowest BCUT2D eigenvalue weighted by Crippen LogP contribution is -2.35. The van der Waals surface area contributed by atoms with Gasteiger partial charge in [-0.3, -0.25) is 4.79 Å². The van der Waals surface area contributed by atoms with Crippen molar-refractivity contribution in [3.63, 3.8) is 0 Å². The van der Waals surface area contributed by atoms with Crippen LogP contribution in [-0.2, 0) is 11.2 Å². The lowest BCUT2D eigenvalue weighted by Gasteiger charge is -2.11. The van der Waals surface area contributed by atoms with E-state index in [2.05, 4.69) is 5.32 Å². The average molecular weight is 276 g/mol. The van der Waals surface area contributed by atoms with Crippen molar-refractivity contribution in [3.8, 4) is 0 Å². The Kier molecular flexibility index (Phi) is 5.75. The average Bonchev–Trinajstić information content (AvgIpc) is 2.27. The number of carbonyl (C=O) groups is 1. The van der Waals surface area contributed by atoms with E-state index in [9.17, 15) is 4.79 Å². The summed E-state index contributed by atoms with van der Waals surface area (Å²) in [5.41, 5.74) is 0.892. The number of aryl methyl sites for hydroxylation is 1. The number of aliphatic hydroxyl groups is 1. The van der Waals surface area contributed by atoms with Crippen molar-refractivity contribution in [1.82, 2.24) is 5.32 Å². The SMILES string of the molecule is C[C@@H](CO)NC(=O)CCc1ccc(Cl)cc1Cl. The number of aliphatic hydroxyl groups excluding tert-OH is 1. The van der Waals surface area contributed by atoms with E-state index in [1.807, 2.05) is 6.07 Å². The summed E-state index contributed by atoms with van der Waals surface area (Å²) in [6.45, 7) is 1.68. The number of amides is 1. The van der Waals surface area contributed by atoms with Crippen LogP contribution in [0.4, 0.5) is 0 Å². The molecule has 94 valence electrons. The van der Waals surface area contributed by atoms with Crippen molar-refractivity contribution in [2.24, 2.45) is 0 Å². The predicted molar refractivity (Wildman–Crippen MR) is 69.5 cm³/mol. The number of nitrogens with one attached hydrogen (secondary N) is 1. The summed E-state index contributed by atoms with van der Waals surface area (Å²) >= 11 is 11.8. The third-order valence-electron chi connectivity index (χ3n) is 2.32. The van der Waals surface area contributed by atoms with Gasteiger partial charge in [-0.2, -0.15) is 0 Å². The summed E-state index contributed by atoms with van der Waals surface area (Å²) < 4.78 is 0. The highest BCUT2D eigenvalue weighted by atomic mass is 35.5. The van der Waals surface area contributed by atoms with E-state index in [1.165, 1.54) is 0 Å². The van der Waals surface area contributed by atoms with E-state index in [1.54, 1.807) is 19.1 Å². The number of hydrogen-bond donors (Lipinski definition) is 2. The molecular formula is C12H15Cl2NO2. The van der Waals surface area contributed by atoms with E-state index in [0.717, 1.165) is 5.56 Å². The molecule has 1 atom stereocenters. The van der Waals surface area contributed by atoms with Gasteiger partial charge < -0.3 is 10.4 Å². The van der Waals surface area contributed by atoms with Crippen LogP contribution in [0.2, 0.25) is 10.0 Å². The van der Waals surface area contributed by atoms with Crippen LogP contribution in [0.1, 0.15) is 18.9 Å². The van der Waals surface area contributed by atoms with Crippen LogP contribution in [0.15, 0.2) is 18.2 Å². The van der Waals surface area contributed by atoms with Gasteiger partial charge in [-0.1, -0.05) is 29.3 Å². The summed E-state index contributed by atoms with van der Waals surface area (Å²) in [4.78, 5) is 11.5. The van der Waals surface area contributed by atoms with E-state index in [-0.39, 0.29) is 18.6 Å². The maximum absolute atomic E-state index is 11.5. The normalized spacial score (nSPS) is 12.2. The zero-order valence-electron chi connectivity index (χ0n) is 9.54. The van der Waals surface area contributed by atoms with Gasteiger partial charge in [0.05, 0.1) is 6.61 Å². The minimum atomic E-state index is -0.219. The van der Waals surface area contributed by atoms with Crippen LogP contribution >= 0.6 is 23.2 Å². The van der Waals surface area contributed by atoms with Crippen molar-refractivity contribution >= 4 is 29.1 Å². The highest BCUT2D eigenvalue weighted by Gasteiger charge is 2.08. The van der Waals surface area contributed by atoms with Crippen molar-refractivity contribution in [2.75, 3.05) is 6.61 Å². The summed E-state index contributed by atoms with van der Waals surface area (Å²) in [6, 6.07) is 5.00. The fourth-order valence-electron chi connectivity index (χ4n) is 1.37. The van der Waals surface area contributed by atoms with Gasteiger partial charge in [0.25, 0.3) is 0 Å². The summed E-state index contributed by atoms with van der Waals surface area (Å²) in [6.07, 6.45) is 0.895. The Morgan fingerprint density at radius 1 is 1.47 bits per heavy atom. The minimum Gasteiger partial charge on any atom is -0.394 e. The zero-order chi connectivity index (χ0) is 12.8. The summed E-state index contributed by atoms with van der Waals surface area (Å²) in [5, 5.41) is 12.6. The fraction of sp³-hybridized carbons (Fsp3) is 0.417. The number of rotatable bonds is 5. The van der Waals surface area contributed by atoms with Gasteiger partial charge in [0, 0.05) is 22.5 Å². The Labute approximate surface area is 111 Å². The first-order chi connectivity index (χ1) is 8.02. The van der Waals surface area contributed by atoms with Crippen molar-refractivity contribution in [2.45, 2.75) is 25.8 Å². The number of hydrogen-bond acceptors (Lipinski definition) is 2. The van der Waals surface area contributed by atoms with Gasteiger partial charge >= 0.3 is 0 Å². The van der Waals surface area contributed by atoms with Crippen LogP contribution in [0, 0.1) is 0 Å². The lowest BCUT2D eigenvalue weighted by molar-refractivity contribution is -0.121. The smallest absolute Gasteiger partial charge is 0.220 e. The Morgan fingerprint density at radius 3 is 2.76 bits per heavy atom. The van der Waals surface area contributed by atoms with Crippen LogP contribution in [0.5, 0.6) is 0 Å². The first-order valence-electron chi connectivity index (χ1n) is 5.37. The third-order valence-corrected chi connectivity index (χ3v) is 2.90. The Bertz CT molecular complexity index is 396. The van der Waals surface area contributed by atoms with Gasteiger partial charge in [0.1, 0.15) is 0 Å². The quantitative estimate of drug-likeness (QED) is 0.867. The van der Waals surface area contributed by atoms with E-state index in [0.29, 0.717) is 22.9 Å². The van der Waals surface area contributed by atoms with Crippen LogP contribution in [-0.4, -0.2) is 23.7 Å². The minimum absolute atomic E-state index is 0.0621. The number of benzene rings is 1. The Hall–Kier alpha value is -0.770. The number of carbonyl (C=O) groups excluding carboxylic acids is 1. The third kappa shape index (κ3) is 4.94. The van der Waals surface area contributed by atoms with E-state index < -0.39 is 0 Å². The molecule has 5 heteroatoms. The topological polar surface area (TPSA) is 49.3 Å². The molecule has 0 aromatic heterocycles. The second kappa shape index (κ2) is 6.84. The molecule has 0 heterocycles. The van der Waals surface area contributed by atoms with Gasteiger partial charge in [0.15, 0.2) is 0 Å².